The number of alkyl halides is 1. The standard InChI is InChI=1S/C9H16FN/c1-6-5-7-3-4-9(2,11-7)8(6)10/h6-8,11H,3-5H2,1-2H3/t6?,7-,8-,9+/m1/s1. The van der Waals surface area contributed by atoms with Crippen molar-refractivity contribution in [1.82, 2.24) is 5.32 Å². The van der Waals surface area contributed by atoms with Crippen LogP contribution >= 0.6 is 0 Å². The van der Waals surface area contributed by atoms with Gasteiger partial charge in [0, 0.05) is 11.6 Å². The van der Waals surface area contributed by atoms with Crippen molar-refractivity contribution in [3.63, 3.8) is 0 Å². The largest absolute Gasteiger partial charge is 0.306 e. The Labute approximate surface area is 67.4 Å². The lowest BCUT2D eigenvalue weighted by Crippen LogP contribution is -2.55. The molecule has 2 heteroatoms. The van der Waals surface area contributed by atoms with Crippen molar-refractivity contribution < 1.29 is 4.39 Å². The van der Waals surface area contributed by atoms with E-state index in [0.29, 0.717) is 6.04 Å². The second-order valence-electron chi connectivity index (χ2n) is 4.41. The van der Waals surface area contributed by atoms with Gasteiger partial charge in [0.15, 0.2) is 0 Å². The molecule has 0 aliphatic carbocycles. The average molecular weight is 157 g/mol. The molecule has 2 saturated heterocycles. The molecule has 64 valence electrons. The molecule has 1 N–H and O–H groups in total. The van der Waals surface area contributed by atoms with E-state index >= 15 is 0 Å². The predicted octanol–water partition coefficient (Wildman–Crippen LogP) is 1.87. The minimum absolute atomic E-state index is 0.192. The Bertz CT molecular complexity index is 171. The van der Waals surface area contributed by atoms with E-state index in [1.807, 2.05) is 13.8 Å². The lowest BCUT2D eigenvalue weighted by Gasteiger charge is -2.38. The highest BCUT2D eigenvalue weighted by Gasteiger charge is 2.48. The van der Waals surface area contributed by atoms with Crippen LogP contribution in [0.5, 0.6) is 0 Å². The fourth-order valence-corrected chi connectivity index (χ4v) is 2.68. The van der Waals surface area contributed by atoms with Gasteiger partial charge in [-0.1, -0.05) is 6.92 Å². The maximum absolute atomic E-state index is 13.6. The zero-order chi connectivity index (χ0) is 8.06. The number of piperidine rings is 1. The van der Waals surface area contributed by atoms with Crippen LogP contribution in [0.3, 0.4) is 0 Å². The zero-order valence-electron chi connectivity index (χ0n) is 7.23. The normalized spacial score (nSPS) is 56.5. The summed E-state index contributed by atoms with van der Waals surface area (Å²) in [5.74, 6) is 0.258. The fourth-order valence-electron chi connectivity index (χ4n) is 2.68. The van der Waals surface area contributed by atoms with Gasteiger partial charge in [-0.15, -0.1) is 0 Å². The lowest BCUT2D eigenvalue weighted by atomic mass is 9.84. The van der Waals surface area contributed by atoms with E-state index in [1.54, 1.807) is 0 Å². The van der Waals surface area contributed by atoms with Gasteiger partial charge in [-0.25, -0.2) is 4.39 Å². The van der Waals surface area contributed by atoms with Gasteiger partial charge in [-0.2, -0.15) is 0 Å². The molecule has 0 aromatic carbocycles. The molecule has 2 rings (SSSR count). The molecule has 0 saturated carbocycles. The van der Waals surface area contributed by atoms with Crippen LogP contribution in [0.4, 0.5) is 4.39 Å². The van der Waals surface area contributed by atoms with E-state index < -0.39 is 6.17 Å². The van der Waals surface area contributed by atoms with E-state index in [-0.39, 0.29) is 11.5 Å². The second kappa shape index (κ2) is 2.19. The summed E-state index contributed by atoms with van der Waals surface area (Å²) in [5.41, 5.74) is -0.192. The first-order valence-electron chi connectivity index (χ1n) is 4.53. The number of halogens is 1. The monoisotopic (exact) mass is 157 g/mol. The minimum Gasteiger partial charge on any atom is -0.306 e. The maximum Gasteiger partial charge on any atom is 0.120 e. The molecule has 0 aromatic heterocycles. The molecule has 0 radical (unpaired) electrons. The van der Waals surface area contributed by atoms with Gasteiger partial charge in [0.1, 0.15) is 6.17 Å². The average Bonchev–Trinajstić information content (AvgIpc) is 2.27. The Morgan fingerprint density at radius 2 is 2.27 bits per heavy atom. The fraction of sp³-hybridized carbons (Fsp3) is 1.00. The summed E-state index contributed by atoms with van der Waals surface area (Å²) >= 11 is 0. The Morgan fingerprint density at radius 1 is 1.55 bits per heavy atom. The van der Waals surface area contributed by atoms with Crippen molar-refractivity contribution >= 4 is 0 Å². The molecule has 2 bridgehead atoms. The van der Waals surface area contributed by atoms with Crippen molar-refractivity contribution in [2.45, 2.75) is 50.9 Å². The number of nitrogens with one attached hydrogen (secondary N) is 1. The van der Waals surface area contributed by atoms with Crippen LogP contribution in [0.25, 0.3) is 0 Å². The van der Waals surface area contributed by atoms with Gasteiger partial charge < -0.3 is 5.32 Å². The molecule has 2 fully saturated rings. The Hall–Kier alpha value is -0.110. The molecule has 4 atom stereocenters. The Morgan fingerprint density at radius 3 is 3.00 bits per heavy atom. The van der Waals surface area contributed by atoms with Gasteiger partial charge in [-0.3, -0.25) is 0 Å². The molecule has 2 aliphatic rings. The summed E-state index contributed by atoms with van der Waals surface area (Å²) in [6, 6.07) is 0.599. The summed E-state index contributed by atoms with van der Waals surface area (Å²) in [4.78, 5) is 0. The van der Waals surface area contributed by atoms with Crippen LogP contribution in [0.2, 0.25) is 0 Å². The Kier molecular flexibility index (Phi) is 1.50. The second-order valence-corrected chi connectivity index (χ2v) is 4.41. The molecule has 2 heterocycles. The lowest BCUT2D eigenvalue weighted by molar-refractivity contribution is 0.0847. The SMILES string of the molecule is CC1C[C@H]2CC[C@](C)(N2)[C@@H]1F. The van der Waals surface area contributed by atoms with Crippen LogP contribution in [0, 0.1) is 5.92 Å². The smallest absolute Gasteiger partial charge is 0.120 e. The van der Waals surface area contributed by atoms with E-state index in [0.717, 1.165) is 12.8 Å². The molecular weight excluding hydrogens is 141 g/mol. The van der Waals surface area contributed by atoms with Gasteiger partial charge in [0.2, 0.25) is 0 Å². The third kappa shape index (κ3) is 0.994. The number of fused-ring (bicyclic) bond motifs is 2. The van der Waals surface area contributed by atoms with Crippen LogP contribution in [-0.4, -0.2) is 17.8 Å². The molecule has 1 unspecified atom stereocenters. The first-order chi connectivity index (χ1) is 5.12. The van der Waals surface area contributed by atoms with Crippen LogP contribution in [0.1, 0.15) is 33.1 Å². The first kappa shape index (κ1) is 7.53. The van der Waals surface area contributed by atoms with Crippen molar-refractivity contribution in [2.24, 2.45) is 5.92 Å². The maximum atomic E-state index is 13.6. The molecule has 2 aliphatic heterocycles. The zero-order valence-corrected chi connectivity index (χ0v) is 7.23. The van der Waals surface area contributed by atoms with E-state index in [9.17, 15) is 4.39 Å². The van der Waals surface area contributed by atoms with Crippen LogP contribution in [-0.2, 0) is 0 Å². The summed E-state index contributed by atoms with van der Waals surface area (Å²) in [7, 11) is 0. The van der Waals surface area contributed by atoms with Gasteiger partial charge >= 0.3 is 0 Å². The summed E-state index contributed by atoms with van der Waals surface area (Å²) < 4.78 is 13.6. The van der Waals surface area contributed by atoms with Crippen molar-refractivity contribution in [1.29, 1.82) is 0 Å². The predicted molar refractivity (Wildman–Crippen MR) is 43.2 cm³/mol. The highest BCUT2D eigenvalue weighted by Crippen LogP contribution is 2.40. The number of rotatable bonds is 0. The molecular formula is C9H16FN. The molecule has 11 heavy (non-hydrogen) atoms. The topological polar surface area (TPSA) is 12.0 Å². The first-order valence-corrected chi connectivity index (χ1v) is 4.53. The number of hydrogen-bond donors (Lipinski definition) is 1. The highest BCUT2D eigenvalue weighted by atomic mass is 19.1. The quantitative estimate of drug-likeness (QED) is 0.566. The summed E-state index contributed by atoms with van der Waals surface area (Å²) in [6.45, 7) is 4.05. The minimum atomic E-state index is -0.638. The molecule has 1 nitrogen and oxygen atoms in total. The molecule has 0 spiro atoms. The van der Waals surface area contributed by atoms with Crippen molar-refractivity contribution in [2.75, 3.05) is 0 Å². The third-order valence-electron chi connectivity index (χ3n) is 3.31. The molecule has 0 amide bonds. The van der Waals surface area contributed by atoms with Crippen molar-refractivity contribution in [3.05, 3.63) is 0 Å². The van der Waals surface area contributed by atoms with E-state index in [2.05, 4.69) is 5.32 Å². The van der Waals surface area contributed by atoms with Crippen LogP contribution < -0.4 is 5.32 Å². The molecule has 0 aromatic rings. The summed E-state index contributed by atoms with van der Waals surface area (Å²) in [6.07, 6.45) is 2.57. The van der Waals surface area contributed by atoms with Crippen molar-refractivity contribution in [3.8, 4) is 0 Å². The van der Waals surface area contributed by atoms with Gasteiger partial charge in [-0.05, 0) is 32.1 Å². The van der Waals surface area contributed by atoms with E-state index in [4.69, 9.17) is 0 Å². The van der Waals surface area contributed by atoms with E-state index in [1.165, 1.54) is 6.42 Å². The highest BCUT2D eigenvalue weighted by molar-refractivity contribution is 5.05. The third-order valence-corrected chi connectivity index (χ3v) is 3.31. The van der Waals surface area contributed by atoms with Gasteiger partial charge in [0.05, 0.1) is 0 Å². The Balaban J connectivity index is 2.21. The summed E-state index contributed by atoms with van der Waals surface area (Å²) in [5, 5.41) is 3.37. The number of hydrogen-bond acceptors (Lipinski definition) is 1. The van der Waals surface area contributed by atoms with Gasteiger partial charge in [0.25, 0.3) is 0 Å². The van der Waals surface area contributed by atoms with Crippen LogP contribution in [0.15, 0.2) is 0 Å².